The van der Waals surface area contributed by atoms with Crippen molar-refractivity contribution in [2.45, 2.75) is 12.8 Å². The largest absolute Gasteiger partial charge is 0.481 e. The van der Waals surface area contributed by atoms with Gasteiger partial charge in [0.2, 0.25) is 0 Å². The summed E-state index contributed by atoms with van der Waals surface area (Å²) in [5.74, 6) is -0.824. The van der Waals surface area contributed by atoms with E-state index < -0.39 is 5.97 Å². The molecule has 8 nitrogen and oxygen atoms in total. The normalized spacial score (nSPS) is 11.0. The monoisotopic (exact) mass is 380 g/mol. The van der Waals surface area contributed by atoms with Gasteiger partial charge in [-0.25, -0.2) is 0 Å². The quantitative estimate of drug-likeness (QED) is 0.265. The Hall–Kier alpha value is -2.59. The van der Waals surface area contributed by atoms with E-state index in [1.165, 1.54) is 6.21 Å². The van der Waals surface area contributed by atoms with E-state index in [1.807, 2.05) is 24.3 Å². The predicted molar refractivity (Wildman–Crippen MR) is 107 cm³/mol. The van der Waals surface area contributed by atoms with E-state index in [2.05, 4.69) is 31.7 Å². The number of hydrogen-bond acceptors (Lipinski definition) is 5. The van der Waals surface area contributed by atoms with Crippen molar-refractivity contribution in [3.63, 3.8) is 0 Å². The minimum atomic E-state index is -0.824. The number of hydrazone groups is 2. The number of nitrogens with zero attached hydrogens (tertiary/aromatic N) is 2. The molecule has 1 rings (SSSR count). The van der Waals surface area contributed by atoms with Crippen molar-refractivity contribution in [2.24, 2.45) is 10.2 Å². The maximum Gasteiger partial charge on any atom is 0.303 e. The average molecular weight is 380 g/mol. The molecule has 0 heterocycles. The van der Waals surface area contributed by atoms with Crippen LogP contribution in [0.15, 0.2) is 34.5 Å². The summed E-state index contributed by atoms with van der Waals surface area (Å²) in [6.45, 7) is 0. The van der Waals surface area contributed by atoms with E-state index in [4.69, 9.17) is 29.5 Å². The lowest BCUT2D eigenvalue weighted by Gasteiger charge is -2.06. The van der Waals surface area contributed by atoms with Crippen LogP contribution in [0.25, 0.3) is 0 Å². The van der Waals surface area contributed by atoms with Gasteiger partial charge in [0.1, 0.15) is 5.71 Å². The van der Waals surface area contributed by atoms with Crippen molar-refractivity contribution < 1.29 is 9.90 Å². The highest BCUT2D eigenvalue weighted by molar-refractivity contribution is 7.80. The van der Waals surface area contributed by atoms with Crippen molar-refractivity contribution in [3.05, 3.63) is 35.4 Å². The lowest BCUT2D eigenvalue weighted by atomic mass is 10.1. The van der Waals surface area contributed by atoms with Crippen LogP contribution in [0, 0.1) is 0 Å². The molecular weight excluding hydrogens is 360 g/mol. The molecule has 0 radical (unpaired) electrons. The SMILES string of the molecule is CNC(=S)N/N=C/C(=N/NC(=S)NC)c1ccc(CCC(=O)O)cc1. The zero-order chi connectivity index (χ0) is 18.7. The van der Waals surface area contributed by atoms with Crippen molar-refractivity contribution in [2.75, 3.05) is 14.1 Å². The van der Waals surface area contributed by atoms with Gasteiger partial charge in [-0.2, -0.15) is 10.2 Å². The molecule has 1 aromatic rings. The molecule has 5 N–H and O–H groups in total. The third-order valence-corrected chi connectivity index (χ3v) is 3.55. The van der Waals surface area contributed by atoms with Crippen molar-refractivity contribution in [1.82, 2.24) is 21.5 Å². The fraction of sp³-hybridized carbons (Fsp3) is 0.267. The first-order valence-corrected chi connectivity index (χ1v) is 8.15. The van der Waals surface area contributed by atoms with Crippen molar-refractivity contribution in [1.29, 1.82) is 0 Å². The minimum Gasteiger partial charge on any atom is -0.481 e. The summed E-state index contributed by atoms with van der Waals surface area (Å²) in [6.07, 6.45) is 2.06. The van der Waals surface area contributed by atoms with Crippen molar-refractivity contribution in [3.8, 4) is 0 Å². The van der Waals surface area contributed by atoms with Gasteiger partial charge in [-0.1, -0.05) is 24.3 Å². The van der Waals surface area contributed by atoms with E-state index in [1.54, 1.807) is 14.1 Å². The van der Waals surface area contributed by atoms with Gasteiger partial charge in [0, 0.05) is 26.1 Å². The number of carboxylic acids is 1. The molecule has 0 bridgehead atoms. The number of aryl methyl sites for hydroxylation is 1. The first kappa shape index (κ1) is 20.5. The van der Waals surface area contributed by atoms with Gasteiger partial charge in [-0.3, -0.25) is 15.6 Å². The molecule has 1 aromatic carbocycles. The molecular formula is C15H20N6O2S2. The number of nitrogens with one attached hydrogen (secondary N) is 4. The summed E-state index contributed by atoms with van der Waals surface area (Å²) in [7, 11) is 3.37. The predicted octanol–water partition coefficient (Wildman–Crippen LogP) is 0.582. The van der Waals surface area contributed by atoms with Crippen LogP contribution in [0.1, 0.15) is 17.5 Å². The van der Waals surface area contributed by atoms with Crippen LogP contribution in [0.2, 0.25) is 0 Å². The topological polar surface area (TPSA) is 110 Å². The Morgan fingerprint density at radius 3 is 2.28 bits per heavy atom. The number of benzene rings is 1. The minimum absolute atomic E-state index is 0.0884. The second-order valence-corrected chi connectivity index (χ2v) is 5.54. The molecule has 0 aliphatic carbocycles. The van der Waals surface area contributed by atoms with Gasteiger partial charge < -0.3 is 15.7 Å². The molecule has 0 saturated heterocycles. The highest BCUT2D eigenvalue weighted by atomic mass is 32.1. The van der Waals surface area contributed by atoms with Crippen LogP contribution in [0.3, 0.4) is 0 Å². The third kappa shape index (κ3) is 8.18. The molecule has 0 amide bonds. The van der Waals surface area contributed by atoms with Crippen LogP contribution in [-0.4, -0.2) is 47.3 Å². The molecule has 0 unspecified atom stereocenters. The summed E-state index contributed by atoms with van der Waals surface area (Å²) >= 11 is 9.95. The van der Waals surface area contributed by atoms with Crippen LogP contribution in [0.4, 0.5) is 0 Å². The van der Waals surface area contributed by atoms with Gasteiger partial charge in [0.25, 0.3) is 0 Å². The van der Waals surface area contributed by atoms with Gasteiger partial charge >= 0.3 is 5.97 Å². The van der Waals surface area contributed by atoms with E-state index >= 15 is 0 Å². The molecule has 0 atom stereocenters. The number of carbonyl (C=O) groups is 1. The van der Waals surface area contributed by atoms with Crippen LogP contribution in [-0.2, 0) is 11.2 Å². The maximum atomic E-state index is 10.6. The molecule has 0 fully saturated rings. The fourth-order valence-electron chi connectivity index (χ4n) is 1.64. The van der Waals surface area contributed by atoms with Gasteiger partial charge in [0.15, 0.2) is 10.2 Å². The zero-order valence-electron chi connectivity index (χ0n) is 13.9. The Morgan fingerprint density at radius 1 is 1.12 bits per heavy atom. The second-order valence-electron chi connectivity index (χ2n) is 4.73. The molecule has 0 saturated carbocycles. The smallest absolute Gasteiger partial charge is 0.303 e. The second kappa shape index (κ2) is 11.0. The molecule has 134 valence electrons. The number of carboxylic acid groups (broad SMARTS) is 1. The summed E-state index contributed by atoms with van der Waals surface area (Å²) in [5, 5.41) is 23.2. The Bertz CT molecular complexity index is 673. The standard InChI is InChI=1S/C15H20N6O2S2/c1-16-14(24)20-18-9-12(19-21-15(25)17-2)11-6-3-10(4-7-11)5-8-13(22)23/h3-4,6-7,9H,5,8H2,1-2H3,(H,22,23)(H2,16,20,24)(H2,17,21,25)/b18-9+,19-12-. The van der Waals surface area contributed by atoms with E-state index in [0.717, 1.165) is 11.1 Å². The Labute approximate surface area is 156 Å². The fourth-order valence-corrected chi connectivity index (χ4v) is 1.73. The average Bonchev–Trinajstić information content (AvgIpc) is 2.62. The zero-order valence-corrected chi connectivity index (χ0v) is 15.5. The van der Waals surface area contributed by atoms with Gasteiger partial charge in [-0.15, -0.1) is 0 Å². The number of thiocarbonyl (C=S) groups is 2. The Morgan fingerprint density at radius 2 is 1.72 bits per heavy atom. The summed E-state index contributed by atoms with van der Waals surface area (Å²) in [4.78, 5) is 10.6. The van der Waals surface area contributed by atoms with Crippen LogP contribution < -0.4 is 21.5 Å². The number of aliphatic carboxylic acids is 1. The van der Waals surface area contributed by atoms with E-state index in [9.17, 15) is 4.79 Å². The lowest BCUT2D eigenvalue weighted by molar-refractivity contribution is -0.136. The van der Waals surface area contributed by atoms with Crippen LogP contribution >= 0.6 is 24.4 Å². The first-order valence-electron chi connectivity index (χ1n) is 7.33. The molecule has 0 aliphatic heterocycles. The maximum absolute atomic E-state index is 10.6. The first-order chi connectivity index (χ1) is 12.0. The number of hydrogen-bond donors (Lipinski definition) is 5. The highest BCUT2D eigenvalue weighted by Crippen LogP contribution is 2.07. The van der Waals surface area contributed by atoms with Crippen LogP contribution in [0.5, 0.6) is 0 Å². The molecule has 0 aromatic heterocycles. The van der Waals surface area contributed by atoms with Gasteiger partial charge in [-0.05, 0) is 36.4 Å². The molecule has 0 aliphatic rings. The summed E-state index contributed by atoms with van der Waals surface area (Å²) in [5.41, 5.74) is 7.58. The van der Waals surface area contributed by atoms with Crippen molar-refractivity contribution >= 4 is 52.6 Å². The Balaban J connectivity index is 2.91. The van der Waals surface area contributed by atoms with E-state index in [-0.39, 0.29) is 6.42 Å². The summed E-state index contributed by atoms with van der Waals surface area (Å²) in [6, 6.07) is 7.37. The third-order valence-electron chi connectivity index (χ3n) is 2.96. The molecule has 10 heteroatoms. The lowest BCUT2D eigenvalue weighted by Crippen LogP contribution is -2.30. The number of rotatable bonds is 7. The molecule has 0 spiro atoms. The van der Waals surface area contributed by atoms with Gasteiger partial charge in [0.05, 0.1) is 6.21 Å². The summed E-state index contributed by atoms with van der Waals surface area (Å²) < 4.78 is 0. The highest BCUT2D eigenvalue weighted by Gasteiger charge is 2.04. The van der Waals surface area contributed by atoms with E-state index in [0.29, 0.717) is 22.4 Å². The molecule has 25 heavy (non-hydrogen) atoms. The Kier molecular flexibility index (Phi) is 9.04.